The Morgan fingerprint density at radius 3 is 2.63 bits per heavy atom. The van der Waals surface area contributed by atoms with Crippen molar-refractivity contribution >= 4 is 11.6 Å². The van der Waals surface area contributed by atoms with Gasteiger partial charge < -0.3 is 5.32 Å². The first-order valence-corrected chi connectivity index (χ1v) is 6.30. The van der Waals surface area contributed by atoms with Gasteiger partial charge in [0.25, 0.3) is 0 Å². The van der Waals surface area contributed by atoms with Crippen LogP contribution in [0.15, 0.2) is 43.0 Å². The van der Waals surface area contributed by atoms with Crippen LogP contribution in [0.5, 0.6) is 0 Å². The Morgan fingerprint density at radius 2 is 1.95 bits per heavy atom. The van der Waals surface area contributed by atoms with Crippen LogP contribution in [0.25, 0.3) is 11.1 Å². The molecule has 1 N–H and O–H groups in total. The SMILES string of the molecule is CC(C)CC(=O)Nc1cccc(-c2cncnc2)c1. The Bertz CT molecular complexity index is 552. The van der Waals surface area contributed by atoms with Gasteiger partial charge in [0.15, 0.2) is 0 Å². The van der Waals surface area contributed by atoms with E-state index in [-0.39, 0.29) is 5.91 Å². The molecule has 0 spiro atoms. The molecule has 4 nitrogen and oxygen atoms in total. The van der Waals surface area contributed by atoms with Crippen LogP contribution in [-0.4, -0.2) is 15.9 Å². The summed E-state index contributed by atoms with van der Waals surface area (Å²) in [7, 11) is 0. The van der Waals surface area contributed by atoms with E-state index in [0.717, 1.165) is 16.8 Å². The average molecular weight is 255 g/mol. The van der Waals surface area contributed by atoms with Crippen molar-refractivity contribution in [3.05, 3.63) is 43.0 Å². The number of nitrogens with zero attached hydrogens (tertiary/aromatic N) is 2. The predicted molar refractivity (Wildman–Crippen MR) is 75.6 cm³/mol. The number of hydrogen-bond donors (Lipinski definition) is 1. The lowest BCUT2D eigenvalue weighted by molar-refractivity contribution is -0.116. The van der Waals surface area contributed by atoms with Crippen LogP contribution < -0.4 is 5.32 Å². The minimum absolute atomic E-state index is 0.0384. The summed E-state index contributed by atoms with van der Waals surface area (Å²) in [5, 5.41) is 2.90. The Balaban J connectivity index is 2.14. The summed E-state index contributed by atoms with van der Waals surface area (Å²) >= 11 is 0. The quantitative estimate of drug-likeness (QED) is 0.913. The maximum atomic E-state index is 11.7. The predicted octanol–water partition coefficient (Wildman–Crippen LogP) is 3.13. The summed E-state index contributed by atoms with van der Waals surface area (Å²) in [5.41, 5.74) is 2.72. The molecule has 0 saturated heterocycles. The van der Waals surface area contributed by atoms with Gasteiger partial charge in [-0.25, -0.2) is 9.97 Å². The minimum atomic E-state index is 0.0384. The Hall–Kier alpha value is -2.23. The smallest absolute Gasteiger partial charge is 0.224 e. The van der Waals surface area contributed by atoms with Gasteiger partial charge in [0.1, 0.15) is 6.33 Å². The third-order valence-corrected chi connectivity index (χ3v) is 2.63. The second kappa shape index (κ2) is 6.09. The van der Waals surface area contributed by atoms with E-state index in [0.29, 0.717) is 12.3 Å². The van der Waals surface area contributed by atoms with Crippen molar-refractivity contribution in [1.29, 1.82) is 0 Å². The molecule has 1 aromatic heterocycles. The molecule has 1 amide bonds. The molecule has 0 aliphatic heterocycles. The van der Waals surface area contributed by atoms with Gasteiger partial charge >= 0.3 is 0 Å². The molecule has 1 heterocycles. The minimum Gasteiger partial charge on any atom is -0.326 e. The number of nitrogens with one attached hydrogen (secondary N) is 1. The van der Waals surface area contributed by atoms with Crippen LogP contribution in [0.3, 0.4) is 0 Å². The summed E-state index contributed by atoms with van der Waals surface area (Å²) in [6.45, 7) is 4.05. The molecular formula is C15H17N3O. The van der Waals surface area contributed by atoms with Crippen molar-refractivity contribution in [3.63, 3.8) is 0 Å². The zero-order valence-corrected chi connectivity index (χ0v) is 11.1. The fourth-order valence-corrected chi connectivity index (χ4v) is 1.81. The number of hydrogen-bond acceptors (Lipinski definition) is 3. The van der Waals surface area contributed by atoms with E-state index in [1.807, 2.05) is 38.1 Å². The highest BCUT2D eigenvalue weighted by atomic mass is 16.1. The summed E-state index contributed by atoms with van der Waals surface area (Å²) in [5.74, 6) is 0.391. The van der Waals surface area contributed by atoms with Crippen molar-refractivity contribution in [2.75, 3.05) is 5.32 Å². The highest BCUT2D eigenvalue weighted by molar-refractivity contribution is 5.91. The molecule has 98 valence electrons. The fraction of sp³-hybridized carbons (Fsp3) is 0.267. The first-order chi connectivity index (χ1) is 9.15. The number of carbonyl (C=O) groups is 1. The van der Waals surface area contributed by atoms with Crippen molar-refractivity contribution < 1.29 is 4.79 Å². The molecule has 2 aromatic rings. The first-order valence-electron chi connectivity index (χ1n) is 6.30. The van der Waals surface area contributed by atoms with Gasteiger partial charge in [-0.15, -0.1) is 0 Å². The summed E-state index contributed by atoms with van der Waals surface area (Å²) < 4.78 is 0. The highest BCUT2D eigenvalue weighted by Crippen LogP contribution is 2.21. The number of rotatable bonds is 4. The molecule has 0 fully saturated rings. The lowest BCUT2D eigenvalue weighted by Gasteiger charge is -2.08. The standard InChI is InChI=1S/C15H17N3O/c1-11(2)6-15(19)18-14-5-3-4-12(7-14)13-8-16-10-17-9-13/h3-5,7-11H,6H2,1-2H3,(H,18,19). The molecule has 2 rings (SSSR count). The number of carbonyl (C=O) groups excluding carboxylic acids is 1. The second-order valence-electron chi connectivity index (χ2n) is 4.85. The lowest BCUT2D eigenvalue weighted by Crippen LogP contribution is -2.13. The van der Waals surface area contributed by atoms with E-state index in [2.05, 4.69) is 15.3 Å². The van der Waals surface area contributed by atoms with Crippen LogP contribution in [-0.2, 0) is 4.79 Å². The van der Waals surface area contributed by atoms with E-state index in [9.17, 15) is 4.79 Å². The first kappa shape index (κ1) is 13.2. The van der Waals surface area contributed by atoms with Gasteiger partial charge in [-0.05, 0) is 23.6 Å². The molecule has 4 heteroatoms. The topological polar surface area (TPSA) is 54.9 Å². The molecule has 0 aliphatic carbocycles. The third kappa shape index (κ3) is 3.88. The van der Waals surface area contributed by atoms with Crippen molar-refractivity contribution in [2.45, 2.75) is 20.3 Å². The van der Waals surface area contributed by atoms with Gasteiger partial charge in [0, 0.05) is 30.1 Å². The summed E-state index contributed by atoms with van der Waals surface area (Å²) in [6.07, 6.45) is 5.53. The summed E-state index contributed by atoms with van der Waals surface area (Å²) in [4.78, 5) is 19.7. The number of amides is 1. The molecule has 0 radical (unpaired) electrons. The average Bonchev–Trinajstić information content (AvgIpc) is 2.39. The second-order valence-corrected chi connectivity index (χ2v) is 4.85. The third-order valence-electron chi connectivity index (χ3n) is 2.63. The molecule has 0 aliphatic rings. The number of aromatic nitrogens is 2. The molecule has 0 atom stereocenters. The van der Waals surface area contributed by atoms with E-state index >= 15 is 0 Å². The monoisotopic (exact) mass is 255 g/mol. The van der Waals surface area contributed by atoms with Gasteiger partial charge in [0.2, 0.25) is 5.91 Å². The van der Waals surface area contributed by atoms with Gasteiger partial charge in [-0.3, -0.25) is 4.79 Å². The molecule has 0 unspecified atom stereocenters. The van der Waals surface area contributed by atoms with E-state index < -0.39 is 0 Å². The van der Waals surface area contributed by atoms with Crippen molar-refractivity contribution in [1.82, 2.24) is 9.97 Å². The molecular weight excluding hydrogens is 238 g/mol. The Morgan fingerprint density at radius 1 is 1.21 bits per heavy atom. The van der Waals surface area contributed by atoms with E-state index in [4.69, 9.17) is 0 Å². The molecule has 19 heavy (non-hydrogen) atoms. The fourth-order valence-electron chi connectivity index (χ4n) is 1.81. The highest BCUT2D eigenvalue weighted by Gasteiger charge is 2.06. The maximum Gasteiger partial charge on any atom is 0.224 e. The number of benzene rings is 1. The summed E-state index contributed by atoms with van der Waals surface area (Å²) in [6, 6.07) is 7.69. The van der Waals surface area contributed by atoms with Crippen LogP contribution in [0.4, 0.5) is 5.69 Å². The zero-order valence-electron chi connectivity index (χ0n) is 11.1. The van der Waals surface area contributed by atoms with Crippen molar-refractivity contribution in [2.24, 2.45) is 5.92 Å². The molecule has 1 aromatic carbocycles. The van der Waals surface area contributed by atoms with Crippen LogP contribution in [0.1, 0.15) is 20.3 Å². The molecule has 0 saturated carbocycles. The van der Waals surface area contributed by atoms with Gasteiger partial charge in [-0.2, -0.15) is 0 Å². The van der Waals surface area contributed by atoms with E-state index in [1.54, 1.807) is 12.4 Å². The number of anilines is 1. The van der Waals surface area contributed by atoms with Gasteiger partial charge in [-0.1, -0.05) is 26.0 Å². The maximum absolute atomic E-state index is 11.7. The van der Waals surface area contributed by atoms with Crippen molar-refractivity contribution in [3.8, 4) is 11.1 Å². The van der Waals surface area contributed by atoms with Crippen LogP contribution in [0, 0.1) is 5.92 Å². The van der Waals surface area contributed by atoms with E-state index in [1.165, 1.54) is 6.33 Å². The molecule has 0 bridgehead atoms. The zero-order chi connectivity index (χ0) is 13.7. The Labute approximate surface area is 112 Å². The van der Waals surface area contributed by atoms with Crippen LogP contribution >= 0.6 is 0 Å². The lowest BCUT2D eigenvalue weighted by atomic mass is 10.1. The Kier molecular flexibility index (Phi) is 4.23. The van der Waals surface area contributed by atoms with Gasteiger partial charge in [0.05, 0.1) is 0 Å². The largest absolute Gasteiger partial charge is 0.326 e. The van der Waals surface area contributed by atoms with Crippen LogP contribution in [0.2, 0.25) is 0 Å². The normalized spacial score (nSPS) is 10.5.